The molecule has 0 spiro atoms. The van der Waals surface area contributed by atoms with Crippen molar-refractivity contribution in [3.05, 3.63) is 36.0 Å². The summed E-state index contributed by atoms with van der Waals surface area (Å²) in [6, 6.07) is 7.71. The molecule has 6 heteroatoms. The van der Waals surface area contributed by atoms with Crippen LogP contribution < -0.4 is 16.6 Å². The summed E-state index contributed by atoms with van der Waals surface area (Å²) in [7, 11) is 0. The van der Waals surface area contributed by atoms with E-state index >= 15 is 0 Å². The highest BCUT2D eigenvalue weighted by atomic mass is 32.2. The second-order valence-electron chi connectivity index (χ2n) is 4.74. The predicted molar refractivity (Wildman–Crippen MR) is 89.5 cm³/mol. The summed E-state index contributed by atoms with van der Waals surface area (Å²) in [5, 5.41) is 4.69. The normalized spacial score (nSPS) is 12.1. The minimum Gasteiger partial charge on any atom is -0.349 e. The van der Waals surface area contributed by atoms with Crippen LogP contribution in [0.15, 0.2) is 30.5 Å². The van der Waals surface area contributed by atoms with Crippen LogP contribution in [0.25, 0.3) is 10.8 Å². The molecule has 0 bridgehead atoms. The number of carbonyl (C=O) groups excluding carboxylic acids is 1. The van der Waals surface area contributed by atoms with Gasteiger partial charge in [-0.25, -0.2) is 10.8 Å². The fourth-order valence-corrected chi connectivity index (χ4v) is 2.80. The minimum absolute atomic E-state index is 0.105. The molecular weight excluding hydrogens is 284 g/mol. The van der Waals surface area contributed by atoms with Crippen LogP contribution in [-0.2, 0) is 0 Å². The van der Waals surface area contributed by atoms with Crippen LogP contribution in [0.3, 0.4) is 0 Å². The van der Waals surface area contributed by atoms with E-state index in [0.29, 0.717) is 11.4 Å². The molecule has 5 nitrogen and oxygen atoms in total. The number of nitrogens with zero attached hydrogens (tertiary/aromatic N) is 1. The Hall–Kier alpha value is -1.79. The number of hydrogen-bond acceptors (Lipinski definition) is 5. The van der Waals surface area contributed by atoms with Crippen molar-refractivity contribution >= 4 is 34.3 Å². The lowest BCUT2D eigenvalue weighted by Crippen LogP contribution is -2.34. The third kappa shape index (κ3) is 3.65. The number of anilines is 1. The Morgan fingerprint density at radius 3 is 2.76 bits per heavy atom. The highest BCUT2D eigenvalue weighted by Crippen LogP contribution is 2.23. The highest BCUT2D eigenvalue weighted by molar-refractivity contribution is 7.99. The monoisotopic (exact) mass is 304 g/mol. The van der Waals surface area contributed by atoms with Gasteiger partial charge in [0.1, 0.15) is 5.82 Å². The first kappa shape index (κ1) is 15.6. The van der Waals surface area contributed by atoms with Crippen molar-refractivity contribution in [3.63, 3.8) is 0 Å². The van der Waals surface area contributed by atoms with E-state index in [1.165, 1.54) is 0 Å². The summed E-state index contributed by atoms with van der Waals surface area (Å²) in [5.41, 5.74) is 3.13. The SMILES string of the molecule is CCSCC(C)NC(=O)c1cnc(NN)c2ccccc12. The van der Waals surface area contributed by atoms with E-state index in [0.717, 1.165) is 22.3 Å². The lowest BCUT2D eigenvalue weighted by molar-refractivity contribution is 0.0945. The largest absolute Gasteiger partial charge is 0.349 e. The number of thioether (sulfide) groups is 1. The van der Waals surface area contributed by atoms with Gasteiger partial charge in [0.05, 0.1) is 5.56 Å². The first-order chi connectivity index (χ1) is 10.2. The number of nitrogen functional groups attached to an aromatic ring is 1. The van der Waals surface area contributed by atoms with E-state index in [1.54, 1.807) is 18.0 Å². The van der Waals surface area contributed by atoms with Gasteiger partial charge in [-0.15, -0.1) is 0 Å². The molecule has 1 unspecified atom stereocenters. The van der Waals surface area contributed by atoms with Crippen molar-refractivity contribution in [1.29, 1.82) is 0 Å². The lowest BCUT2D eigenvalue weighted by atomic mass is 10.1. The molecule has 0 saturated heterocycles. The number of rotatable bonds is 6. The number of aromatic nitrogens is 1. The zero-order chi connectivity index (χ0) is 15.2. The second kappa shape index (κ2) is 7.28. The Kier molecular flexibility index (Phi) is 5.41. The van der Waals surface area contributed by atoms with Gasteiger partial charge in [0, 0.05) is 23.4 Å². The summed E-state index contributed by atoms with van der Waals surface area (Å²) in [4.78, 5) is 16.6. The Balaban J connectivity index is 2.28. The van der Waals surface area contributed by atoms with Crippen molar-refractivity contribution in [2.24, 2.45) is 5.84 Å². The predicted octanol–water partition coefficient (Wildman–Crippen LogP) is 2.39. The molecule has 4 N–H and O–H groups in total. The average Bonchev–Trinajstić information content (AvgIpc) is 2.51. The van der Waals surface area contributed by atoms with Crippen molar-refractivity contribution < 1.29 is 4.79 Å². The zero-order valence-electron chi connectivity index (χ0n) is 12.2. The second-order valence-corrected chi connectivity index (χ2v) is 6.06. The molecule has 1 atom stereocenters. The Labute approximate surface area is 128 Å². The van der Waals surface area contributed by atoms with Gasteiger partial charge in [0.2, 0.25) is 0 Å². The van der Waals surface area contributed by atoms with Crippen LogP contribution >= 0.6 is 11.8 Å². The number of hydrogen-bond donors (Lipinski definition) is 3. The molecule has 0 aliphatic heterocycles. The maximum absolute atomic E-state index is 12.4. The fraction of sp³-hybridized carbons (Fsp3) is 0.333. The summed E-state index contributed by atoms with van der Waals surface area (Å²) >= 11 is 1.81. The topological polar surface area (TPSA) is 80.0 Å². The molecule has 21 heavy (non-hydrogen) atoms. The summed E-state index contributed by atoms with van der Waals surface area (Å²) in [5.74, 6) is 7.87. The quantitative estimate of drug-likeness (QED) is 0.564. The van der Waals surface area contributed by atoms with Crippen molar-refractivity contribution in [3.8, 4) is 0 Å². The first-order valence-electron chi connectivity index (χ1n) is 6.90. The summed E-state index contributed by atoms with van der Waals surface area (Å²) in [6.07, 6.45) is 1.56. The Bertz CT molecular complexity index is 632. The molecular formula is C15H20N4OS. The number of benzene rings is 1. The van der Waals surface area contributed by atoms with Gasteiger partial charge in [0.15, 0.2) is 0 Å². The number of pyridine rings is 1. The minimum atomic E-state index is -0.105. The lowest BCUT2D eigenvalue weighted by Gasteiger charge is -2.15. The number of fused-ring (bicyclic) bond motifs is 1. The third-order valence-corrected chi connectivity index (χ3v) is 4.27. The molecule has 0 fully saturated rings. The molecule has 112 valence electrons. The first-order valence-corrected chi connectivity index (χ1v) is 8.05. The van der Waals surface area contributed by atoms with Crippen molar-refractivity contribution in [1.82, 2.24) is 10.3 Å². The van der Waals surface area contributed by atoms with Crippen molar-refractivity contribution in [2.75, 3.05) is 16.9 Å². The van der Waals surface area contributed by atoms with Gasteiger partial charge in [0.25, 0.3) is 5.91 Å². The number of carbonyl (C=O) groups is 1. The molecule has 0 radical (unpaired) electrons. The molecule has 1 aromatic carbocycles. The van der Waals surface area contributed by atoms with Crippen LogP contribution in [0, 0.1) is 0 Å². The molecule has 1 amide bonds. The van der Waals surface area contributed by atoms with E-state index in [9.17, 15) is 4.79 Å². The standard InChI is InChI=1S/C15H20N4OS/c1-3-21-9-10(2)18-15(20)13-8-17-14(19-16)12-7-5-4-6-11(12)13/h4-8,10H,3,9,16H2,1-2H3,(H,17,19)(H,18,20). The summed E-state index contributed by atoms with van der Waals surface area (Å²) in [6.45, 7) is 4.11. The van der Waals surface area contributed by atoms with E-state index in [2.05, 4.69) is 22.7 Å². The van der Waals surface area contributed by atoms with Crippen LogP contribution in [0.5, 0.6) is 0 Å². The van der Waals surface area contributed by atoms with E-state index in [4.69, 9.17) is 5.84 Å². The van der Waals surface area contributed by atoms with E-state index < -0.39 is 0 Å². The van der Waals surface area contributed by atoms with E-state index in [1.807, 2.05) is 31.2 Å². The van der Waals surface area contributed by atoms with E-state index in [-0.39, 0.29) is 11.9 Å². The van der Waals surface area contributed by atoms with Gasteiger partial charge in [-0.1, -0.05) is 31.2 Å². The van der Waals surface area contributed by atoms with Crippen LogP contribution in [0.2, 0.25) is 0 Å². The van der Waals surface area contributed by atoms with Crippen molar-refractivity contribution in [2.45, 2.75) is 19.9 Å². The molecule has 2 rings (SSSR count). The average molecular weight is 304 g/mol. The van der Waals surface area contributed by atoms with Gasteiger partial charge in [-0.05, 0) is 18.1 Å². The molecule has 0 aliphatic carbocycles. The number of amides is 1. The molecule has 1 aromatic heterocycles. The highest BCUT2D eigenvalue weighted by Gasteiger charge is 2.15. The number of hydrazine groups is 1. The fourth-order valence-electron chi connectivity index (χ4n) is 2.13. The zero-order valence-corrected chi connectivity index (χ0v) is 13.0. The molecule has 2 aromatic rings. The molecule has 1 heterocycles. The summed E-state index contributed by atoms with van der Waals surface area (Å²) < 4.78 is 0. The maximum Gasteiger partial charge on any atom is 0.253 e. The van der Waals surface area contributed by atoms with Crippen LogP contribution in [0.4, 0.5) is 5.82 Å². The Morgan fingerprint density at radius 1 is 1.38 bits per heavy atom. The van der Waals surface area contributed by atoms with Gasteiger partial charge >= 0.3 is 0 Å². The number of nitrogens with one attached hydrogen (secondary N) is 2. The third-order valence-electron chi connectivity index (χ3n) is 3.13. The van der Waals surface area contributed by atoms with Gasteiger partial charge in [-0.2, -0.15) is 11.8 Å². The molecule has 0 saturated carbocycles. The Morgan fingerprint density at radius 2 is 2.10 bits per heavy atom. The van der Waals surface area contributed by atoms with Gasteiger partial charge < -0.3 is 10.7 Å². The van der Waals surface area contributed by atoms with Crippen LogP contribution in [0.1, 0.15) is 24.2 Å². The van der Waals surface area contributed by atoms with Crippen LogP contribution in [-0.4, -0.2) is 28.4 Å². The molecule has 0 aliphatic rings. The van der Waals surface area contributed by atoms with Gasteiger partial charge in [-0.3, -0.25) is 4.79 Å². The smallest absolute Gasteiger partial charge is 0.253 e. The number of nitrogens with two attached hydrogens (primary N) is 1. The maximum atomic E-state index is 12.4.